The molecular formula is C15H18N4O. The molecule has 0 aliphatic rings. The van der Waals surface area contributed by atoms with Crippen molar-refractivity contribution in [3.8, 4) is 0 Å². The molecule has 2 aromatic rings. The molecule has 2 rings (SSSR count). The lowest BCUT2D eigenvalue weighted by Gasteiger charge is -2.07. The fourth-order valence-corrected chi connectivity index (χ4v) is 1.71. The van der Waals surface area contributed by atoms with Gasteiger partial charge in [0.1, 0.15) is 5.82 Å². The van der Waals surface area contributed by atoms with E-state index in [1.54, 1.807) is 12.3 Å². The minimum atomic E-state index is -0.120. The van der Waals surface area contributed by atoms with Gasteiger partial charge in [-0.25, -0.2) is 4.98 Å². The molecule has 1 aromatic carbocycles. The lowest BCUT2D eigenvalue weighted by molar-refractivity contribution is -0.116. The molecule has 0 bridgehead atoms. The molecule has 0 unspecified atom stereocenters. The zero-order valence-electron chi connectivity index (χ0n) is 11.2. The van der Waals surface area contributed by atoms with Crippen molar-refractivity contribution in [1.82, 2.24) is 4.98 Å². The number of amides is 1. The van der Waals surface area contributed by atoms with Crippen LogP contribution in [0.15, 0.2) is 48.7 Å². The summed E-state index contributed by atoms with van der Waals surface area (Å²) in [7, 11) is 0. The Labute approximate surface area is 118 Å². The molecular weight excluding hydrogens is 252 g/mol. The molecule has 0 spiro atoms. The van der Waals surface area contributed by atoms with Gasteiger partial charge in [0.05, 0.1) is 11.9 Å². The van der Waals surface area contributed by atoms with E-state index in [1.165, 1.54) is 5.56 Å². The Morgan fingerprint density at radius 1 is 1.15 bits per heavy atom. The number of hydrogen-bond donors (Lipinski definition) is 3. The number of nitrogens with two attached hydrogens (primary N) is 1. The van der Waals surface area contributed by atoms with Gasteiger partial charge in [-0.15, -0.1) is 0 Å². The number of rotatable bonds is 6. The molecule has 5 nitrogen and oxygen atoms in total. The molecule has 20 heavy (non-hydrogen) atoms. The van der Waals surface area contributed by atoms with Crippen molar-refractivity contribution in [2.45, 2.75) is 13.0 Å². The smallest absolute Gasteiger partial charge is 0.226 e. The monoisotopic (exact) mass is 270 g/mol. The van der Waals surface area contributed by atoms with Gasteiger partial charge < -0.3 is 16.4 Å². The summed E-state index contributed by atoms with van der Waals surface area (Å²) in [6.07, 6.45) is 2.00. The van der Waals surface area contributed by atoms with Gasteiger partial charge in [0.2, 0.25) is 5.91 Å². The van der Waals surface area contributed by atoms with Gasteiger partial charge >= 0.3 is 0 Å². The van der Waals surface area contributed by atoms with E-state index in [4.69, 9.17) is 5.73 Å². The lowest BCUT2D eigenvalue weighted by Crippen LogP contribution is -2.16. The zero-order valence-corrected chi connectivity index (χ0v) is 11.2. The van der Waals surface area contributed by atoms with Gasteiger partial charge in [0, 0.05) is 19.5 Å². The van der Waals surface area contributed by atoms with E-state index in [0.717, 1.165) is 12.2 Å². The summed E-state index contributed by atoms with van der Waals surface area (Å²) in [6.45, 7) is 1.07. The third-order valence-corrected chi connectivity index (χ3v) is 2.74. The van der Waals surface area contributed by atoms with Crippen LogP contribution in [-0.2, 0) is 11.3 Å². The van der Waals surface area contributed by atoms with Gasteiger partial charge in [-0.05, 0) is 17.7 Å². The highest BCUT2D eigenvalue weighted by Gasteiger charge is 2.01. The van der Waals surface area contributed by atoms with Crippen LogP contribution in [0.4, 0.5) is 11.5 Å². The molecule has 1 amide bonds. The first-order valence-corrected chi connectivity index (χ1v) is 6.51. The topological polar surface area (TPSA) is 80.0 Å². The van der Waals surface area contributed by atoms with Crippen LogP contribution in [0, 0.1) is 0 Å². The second kappa shape index (κ2) is 7.25. The number of carbonyl (C=O) groups excluding carboxylic acids is 1. The molecule has 0 radical (unpaired) electrons. The third-order valence-electron chi connectivity index (χ3n) is 2.74. The van der Waals surface area contributed by atoms with Crippen molar-refractivity contribution >= 4 is 17.4 Å². The molecule has 4 N–H and O–H groups in total. The van der Waals surface area contributed by atoms with Crippen molar-refractivity contribution in [3.05, 3.63) is 54.2 Å². The SMILES string of the molecule is NCCC(=O)Nc1ccc(NCc2ccccc2)cn1. The largest absolute Gasteiger partial charge is 0.380 e. The Kier molecular flexibility index (Phi) is 5.08. The standard InChI is InChI=1S/C15H18N4O/c16-9-8-15(20)19-14-7-6-13(11-18-14)17-10-12-4-2-1-3-5-12/h1-7,11,17H,8-10,16H2,(H,18,19,20). The Morgan fingerprint density at radius 2 is 1.95 bits per heavy atom. The number of anilines is 2. The van der Waals surface area contributed by atoms with Gasteiger partial charge in [-0.1, -0.05) is 30.3 Å². The fourth-order valence-electron chi connectivity index (χ4n) is 1.71. The normalized spacial score (nSPS) is 10.1. The summed E-state index contributed by atoms with van der Waals surface area (Å²) in [6, 6.07) is 13.8. The molecule has 0 aliphatic heterocycles. The predicted molar refractivity (Wildman–Crippen MR) is 80.3 cm³/mol. The highest BCUT2D eigenvalue weighted by atomic mass is 16.1. The Hall–Kier alpha value is -2.40. The zero-order chi connectivity index (χ0) is 14.2. The van der Waals surface area contributed by atoms with Gasteiger partial charge in [-0.2, -0.15) is 0 Å². The number of aromatic nitrogens is 1. The average Bonchev–Trinajstić information content (AvgIpc) is 2.48. The molecule has 104 valence electrons. The number of benzene rings is 1. The maximum atomic E-state index is 11.4. The Morgan fingerprint density at radius 3 is 2.60 bits per heavy atom. The molecule has 0 fully saturated rings. The summed E-state index contributed by atoms with van der Waals surface area (Å²) in [4.78, 5) is 15.5. The molecule has 0 saturated carbocycles. The average molecular weight is 270 g/mol. The first-order chi connectivity index (χ1) is 9.78. The molecule has 1 aromatic heterocycles. The minimum Gasteiger partial charge on any atom is -0.380 e. The summed E-state index contributed by atoms with van der Waals surface area (Å²) < 4.78 is 0. The number of hydrogen-bond acceptors (Lipinski definition) is 4. The van der Waals surface area contributed by atoms with Gasteiger partial charge in [-0.3, -0.25) is 4.79 Å². The number of nitrogens with one attached hydrogen (secondary N) is 2. The molecule has 1 heterocycles. The second-order valence-electron chi connectivity index (χ2n) is 4.36. The van der Waals surface area contributed by atoms with Gasteiger partial charge in [0.15, 0.2) is 0 Å². The lowest BCUT2D eigenvalue weighted by atomic mass is 10.2. The van der Waals surface area contributed by atoms with Crippen molar-refractivity contribution in [2.24, 2.45) is 5.73 Å². The van der Waals surface area contributed by atoms with E-state index >= 15 is 0 Å². The quantitative estimate of drug-likeness (QED) is 0.750. The summed E-state index contributed by atoms with van der Waals surface area (Å²) in [5.41, 5.74) is 7.42. The predicted octanol–water partition coefficient (Wildman–Crippen LogP) is 1.98. The maximum Gasteiger partial charge on any atom is 0.226 e. The third kappa shape index (κ3) is 4.37. The second-order valence-corrected chi connectivity index (χ2v) is 4.36. The van der Waals surface area contributed by atoms with Crippen molar-refractivity contribution in [2.75, 3.05) is 17.2 Å². The summed E-state index contributed by atoms with van der Waals surface area (Å²) >= 11 is 0. The van der Waals surface area contributed by atoms with Crippen LogP contribution >= 0.6 is 0 Å². The molecule has 0 atom stereocenters. The summed E-state index contributed by atoms with van der Waals surface area (Å²) in [5, 5.41) is 5.96. The van der Waals surface area contributed by atoms with Crippen LogP contribution in [0.25, 0.3) is 0 Å². The van der Waals surface area contributed by atoms with E-state index in [0.29, 0.717) is 18.8 Å². The first kappa shape index (κ1) is 14.0. The number of carbonyl (C=O) groups is 1. The van der Waals surface area contributed by atoms with Crippen LogP contribution in [0.3, 0.4) is 0 Å². The van der Waals surface area contributed by atoms with Crippen molar-refractivity contribution in [3.63, 3.8) is 0 Å². The van der Waals surface area contributed by atoms with E-state index in [-0.39, 0.29) is 5.91 Å². The Bertz CT molecular complexity index is 540. The van der Waals surface area contributed by atoms with E-state index in [9.17, 15) is 4.79 Å². The van der Waals surface area contributed by atoms with Crippen molar-refractivity contribution < 1.29 is 4.79 Å². The van der Waals surface area contributed by atoms with Gasteiger partial charge in [0.25, 0.3) is 0 Å². The van der Waals surface area contributed by atoms with E-state index in [1.807, 2.05) is 24.3 Å². The fraction of sp³-hybridized carbons (Fsp3) is 0.200. The van der Waals surface area contributed by atoms with Crippen LogP contribution in [0.2, 0.25) is 0 Å². The van der Waals surface area contributed by atoms with Crippen LogP contribution < -0.4 is 16.4 Å². The van der Waals surface area contributed by atoms with Crippen LogP contribution in [-0.4, -0.2) is 17.4 Å². The number of nitrogens with zero attached hydrogens (tertiary/aromatic N) is 1. The van der Waals surface area contributed by atoms with Crippen LogP contribution in [0.5, 0.6) is 0 Å². The van der Waals surface area contributed by atoms with Crippen LogP contribution in [0.1, 0.15) is 12.0 Å². The highest BCUT2D eigenvalue weighted by molar-refractivity contribution is 5.89. The molecule has 0 saturated heterocycles. The number of pyridine rings is 1. The van der Waals surface area contributed by atoms with E-state index < -0.39 is 0 Å². The highest BCUT2D eigenvalue weighted by Crippen LogP contribution is 2.11. The maximum absolute atomic E-state index is 11.4. The first-order valence-electron chi connectivity index (χ1n) is 6.51. The minimum absolute atomic E-state index is 0.120. The van der Waals surface area contributed by atoms with Crippen molar-refractivity contribution in [1.29, 1.82) is 0 Å². The van der Waals surface area contributed by atoms with E-state index in [2.05, 4.69) is 27.8 Å². The summed E-state index contributed by atoms with van der Waals surface area (Å²) in [5.74, 6) is 0.415. The Balaban J connectivity index is 1.87. The molecule has 0 aliphatic carbocycles. The molecule has 5 heteroatoms.